The van der Waals surface area contributed by atoms with Gasteiger partial charge in [-0.15, -0.1) is 0 Å². The van der Waals surface area contributed by atoms with Crippen LogP contribution in [-0.4, -0.2) is 25.3 Å². The van der Waals surface area contributed by atoms with Crippen molar-refractivity contribution in [3.05, 3.63) is 22.7 Å². The van der Waals surface area contributed by atoms with Crippen molar-refractivity contribution in [3.8, 4) is 0 Å². The maximum atomic E-state index is 12.6. The summed E-state index contributed by atoms with van der Waals surface area (Å²) in [5.41, 5.74) is 6.95. The van der Waals surface area contributed by atoms with E-state index >= 15 is 0 Å². The van der Waals surface area contributed by atoms with E-state index in [1.165, 1.54) is 12.1 Å². The topological polar surface area (TPSA) is 63.4 Å². The van der Waals surface area contributed by atoms with E-state index < -0.39 is 10.0 Å². The number of nitrogen functional groups attached to an aromatic ring is 1. The third-order valence-electron chi connectivity index (χ3n) is 3.76. The first kappa shape index (κ1) is 14.6. The molecular weight excluding hydrogens is 284 g/mol. The summed E-state index contributed by atoms with van der Waals surface area (Å²) in [6.07, 6.45) is 2.66. The average molecular weight is 303 g/mol. The van der Waals surface area contributed by atoms with Gasteiger partial charge in [0.2, 0.25) is 10.0 Å². The highest BCUT2D eigenvalue weighted by molar-refractivity contribution is 7.89. The summed E-state index contributed by atoms with van der Waals surface area (Å²) in [6.45, 7) is 4.36. The molecule has 106 valence electrons. The SMILES string of the molecule is CCC1CCCN1S(=O)(=O)c1cc(N)c(C)c(Cl)c1. The predicted molar refractivity (Wildman–Crippen MR) is 77.8 cm³/mol. The van der Waals surface area contributed by atoms with E-state index in [1.54, 1.807) is 11.2 Å². The van der Waals surface area contributed by atoms with Crippen molar-refractivity contribution in [1.29, 1.82) is 0 Å². The van der Waals surface area contributed by atoms with Crippen LogP contribution in [-0.2, 0) is 10.0 Å². The zero-order valence-electron chi connectivity index (χ0n) is 11.2. The normalized spacial score (nSPS) is 20.9. The van der Waals surface area contributed by atoms with E-state index in [9.17, 15) is 8.42 Å². The van der Waals surface area contributed by atoms with E-state index in [0.717, 1.165) is 19.3 Å². The van der Waals surface area contributed by atoms with Gasteiger partial charge in [-0.2, -0.15) is 4.31 Å². The van der Waals surface area contributed by atoms with Gasteiger partial charge < -0.3 is 5.73 Å². The Hall–Kier alpha value is -0.780. The van der Waals surface area contributed by atoms with E-state index in [1.807, 2.05) is 6.92 Å². The first-order valence-corrected chi connectivity index (χ1v) is 8.27. The van der Waals surface area contributed by atoms with Gasteiger partial charge >= 0.3 is 0 Å². The number of benzene rings is 1. The monoisotopic (exact) mass is 302 g/mol. The summed E-state index contributed by atoms with van der Waals surface area (Å²) in [6, 6.07) is 3.08. The molecule has 1 aromatic carbocycles. The lowest BCUT2D eigenvalue weighted by molar-refractivity contribution is 0.379. The maximum Gasteiger partial charge on any atom is 0.243 e. The molecule has 0 bridgehead atoms. The van der Waals surface area contributed by atoms with E-state index in [2.05, 4.69) is 0 Å². The van der Waals surface area contributed by atoms with Gasteiger partial charge in [-0.3, -0.25) is 0 Å². The minimum Gasteiger partial charge on any atom is -0.398 e. The van der Waals surface area contributed by atoms with Crippen molar-refractivity contribution in [2.75, 3.05) is 12.3 Å². The lowest BCUT2D eigenvalue weighted by Crippen LogP contribution is -2.35. The number of rotatable bonds is 3. The summed E-state index contributed by atoms with van der Waals surface area (Å²) < 4.78 is 26.8. The number of hydrogen-bond acceptors (Lipinski definition) is 3. The average Bonchev–Trinajstić information content (AvgIpc) is 2.84. The van der Waals surface area contributed by atoms with Gasteiger partial charge in [0, 0.05) is 23.3 Å². The zero-order chi connectivity index (χ0) is 14.2. The van der Waals surface area contributed by atoms with Gasteiger partial charge in [-0.1, -0.05) is 18.5 Å². The maximum absolute atomic E-state index is 12.6. The van der Waals surface area contributed by atoms with Crippen molar-refractivity contribution in [1.82, 2.24) is 4.31 Å². The molecule has 6 heteroatoms. The number of anilines is 1. The van der Waals surface area contributed by atoms with Crippen LogP contribution in [0.4, 0.5) is 5.69 Å². The predicted octanol–water partition coefficient (Wildman–Crippen LogP) is 2.79. The third kappa shape index (κ3) is 2.59. The van der Waals surface area contributed by atoms with Crippen LogP contribution in [0.15, 0.2) is 17.0 Å². The molecule has 1 aliphatic heterocycles. The Balaban J connectivity index is 2.45. The lowest BCUT2D eigenvalue weighted by Gasteiger charge is -2.23. The fraction of sp³-hybridized carbons (Fsp3) is 0.538. The molecule has 2 N–H and O–H groups in total. The molecular formula is C13H19ClN2O2S. The molecule has 1 unspecified atom stereocenters. The molecule has 1 saturated heterocycles. The van der Waals surface area contributed by atoms with Gasteiger partial charge in [0.1, 0.15) is 0 Å². The minimum absolute atomic E-state index is 0.0892. The summed E-state index contributed by atoms with van der Waals surface area (Å²) in [5.74, 6) is 0. The number of nitrogens with two attached hydrogens (primary N) is 1. The molecule has 0 aromatic heterocycles. The molecule has 0 aliphatic carbocycles. The van der Waals surface area contributed by atoms with Crippen LogP contribution < -0.4 is 5.73 Å². The molecule has 0 amide bonds. The Morgan fingerprint density at radius 1 is 1.47 bits per heavy atom. The van der Waals surface area contributed by atoms with Crippen LogP contribution in [0.1, 0.15) is 31.7 Å². The molecule has 1 fully saturated rings. The first-order chi connectivity index (χ1) is 8.87. The second kappa shape index (κ2) is 5.31. The lowest BCUT2D eigenvalue weighted by atomic mass is 10.2. The summed E-state index contributed by atoms with van der Waals surface area (Å²) in [7, 11) is -3.49. The van der Waals surface area contributed by atoms with Crippen molar-refractivity contribution in [2.45, 2.75) is 44.0 Å². The van der Waals surface area contributed by atoms with Crippen molar-refractivity contribution >= 4 is 27.3 Å². The second-order valence-corrected chi connectivity index (χ2v) is 7.24. The molecule has 19 heavy (non-hydrogen) atoms. The highest BCUT2D eigenvalue weighted by Gasteiger charge is 2.34. The molecule has 4 nitrogen and oxygen atoms in total. The number of nitrogens with zero attached hydrogens (tertiary/aromatic N) is 1. The fourth-order valence-electron chi connectivity index (χ4n) is 2.49. The molecule has 0 spiro atoms. The Labute approximate surface area is 119 Å². The number of hydrogen-bond donors (Lipinski definition) is 1. The number of halogens is 1. The highest BCUT2D eigenvalue weighted by Crippen LogP contribution is 2.31. The van der Waals surface area contributed by atoms with Gasteiger partial charge in [-0.05, 0) is 43.9 Å². The Kier molecular flexibility index (Phi) is 4.08. The first-order valence-electron chi connectivity index (χ1n) is 6.45. The Bertz CT molecular complexity index is 563. The van der Waals surface area contributed by atoms with Crippen LogP contribution in [0.5, 0.6) is 0 Å². The van der Waals surface area contributed by atoms with Crippen LogP contribution in [0.25, 0.3) is 0 Å². The summed E-state index contributed by atoms with van der Waals surface area (Å²) in [4.78, 5) is 0.195. The van der Waals surface area contributed by atoms with Gasteiger partial charge in [0.15, 0.2) is 0 Å². The number of sulfonamides is 1. The largest absolute Gasteiger partial charge is 0.398 e. The standard InChI is InChI=1S/C13H19ClN2O2S/c1-3-10-5-4-6-16(10)19(17,18)11-7-12(14)9(2)13(15)8-11/h7-8,10H,3-6,15H2,1-2H3. The van der Waals surface area contributed by atoms with Gasteiger partial charge in [-0.25, -0.2) is 8.42 Å². The zero-order valence-corrected chi connectivity index (χ0v) is 12.8. The molecule has 0 radical (unpaired) electrons. The quantitative estimate of drug-likeness (QED) is 0.873. The van der Waals surface area contributed by atoms with Crippen molar-refractivity contribution in [2.24, 2.45) is 0 Å². The van der Waals surface area contributed by atoms with E-state index in [4.69, 9.17) is 17.3 Å². The van der Waals surface area contributed by atoms with Gasteiger partial charge in [0.25, 0.3) is 0 Å². The molecule has 1 atom stereocenters. The van der Waals surface area contributed by atoms with Crippen LogP contribution in [0.2, 0.25) is 5.02 Å². The summed E-state index contributed by atoms with van der Waals surface area (Å²) >= 11 is 6.04. The molecule has 1 aromatic rings. The molecule has 1 heterocycles. The fourth-order valence-corrected chi connectivity index (χ4v) is 4.61. The van der Waals surface area contributed by atoms with Crippen LogP contribution >= 0.6 is 11.6 Å². The van der Waals surface area contributed by atoms with E-state index in [-0.39, 0.29) is 10.9 Å². The summed E-state index contributed by atoms with van der Waals surface area (Å²) in [5, 5.41) is 0.394. The molecule has 0 saturated carbocycles. The minimum atomic E-state index is -3.49. The van der Waals surface area contributed by atoms with Crippen molar-refractivity contribution < 1.29 is 8.42 Å². The molecule has 1 aliphatic rings. The Morgan fingerprint density at radius 2 is 2.16 bits per heavy atom. The van der Waals surface area contributed by atoms with Crippen molar-refractivity contribution in [3.63, 3.8) is 0 Å². The Morgan fingerprint density at radius 3 is 2.74 bits per heavy atom. The molecule has 2 rings (SSSR count). The van der Waals surface area contributed by atoms with E-state index in [0.29, 0.717) is 22.8 Å². The smallest absolute Gasteiger partial charge is 0.243 e. The second-order valence-electron chi connectivity index (χ2n) is 4.94. The van der Waals surface area contributed by atoms with Gasteiger partial charge in [0.05, 0.1) is 4.90 Å². The highest BCUT2D eigenvalue weighted by atomic mass is 35.5. The van der Waals surface area contributed by atoms with Crippen LogP contribution in [0, 0.1) is 6.92 Å². The third-order valence-corrected chi connectivity index (χ3v) is 6.08. The van der Waals surface area contributed by atoms with Crippen LogP contribution in [0.3, 0.4) is 0 Å².